The van der Waals surface area contributed by atoms with E-state index < -0.39 is 0 Å². The SMILES string of the molecule is CCC1CCC(CCC(=O)c2ccccc2)CC1. The summed E-state index contributed by atoms with van der Waals surface area (Å²) in [4.78, 5) is 12.0. The van der Waals surface area contributed by atoms with E-state index in [1.54, 1.807) is 0 Å². The second-order valence-corrected chi connectivity index (χ2v) is 5.62. The average molecular weight is 244 g/mol. The van der Waals surface area contributed by atoms with Gasteiger partial charge < -0.3 is 0 Å². The monoisotopic (exact) mass is 244 g/mol. The fourth-order valence-electron chi connectivity index (χ4n) is 3.03. The number of Topliss-reactive ketones (excluding diaryl/α,β-unsaturated/α-hetero) is 1. The summed E-state index contributed by atoms with van der Waals surface area (Å²) >= 11 is 0. The van der Waals surface area contributed by atoms with E-state index in [9.17, 15) is 4.79 Å². The van der Waals surface area contributed by atoms with Crippen LogP contribution in [0.3, 0.4) is 0 Å². The van der Waals surface area contributed by atoms with Gasteiger partial charge in [-0.25, -0.2) is 0 Å². The number of ketones is 1. The minimum Gasteiger partial charge on any atom is -0.294 e. The van der Waals surface area contributed by atoms with Gasteiger partial charge in [0.1, 0.15) is 0 Å². The summed E-state index contributed by atoms with van der Waals surface area (Å²) in [5.41, 5.74) is 0.875. The molecule has 0 saturated heterocycles. The molecule has 1 heteroatoms. The van der Waals surface area contributed by atoms with Crippen LogP contribution in [-0.2, 0) is 0 Å². The van der Waals surface area contributed by atoms with Gasteiger partial charge in [-0.2, -0.15) is 0 Å². The van der Waals surface area contributed by atoms with Crippen molar-refractivity contribution in [2.45, 2.75) is 51.9 Å². The topological polar surface area (TPSA) is 17.1 Å². The Morgan fingerprint density at radius 1 is 1.06 bits per heavy atom. The molecule has 18 heavy (non-hydrogen) atoms. The number of carbonyl (C=O) groups is 1. The molecule has 0 atom stereocenters. The highest BCUT2D eigenvalue weighted by atomic mass is 16.1. The highest BCUT2D eigenvalue weighted by Gasteiger charge is 2.20. The van der Waals surface area contributed by atoms with Gasteiger partial charge in [0.25, 0.3) is 0 Å². The summed E-state index contributed by atoms with van der Waals surface area (Å²) in [5.74, 6) is 2.06. The maximum absolute atomic E-state index is 12.0. The van der Waals surface area contributed by atoms with E-state index in [0.717, 1.165) is 30.2 Å². The Morgan fingerprint density at radius 3 is 2.28 bits per heavy atom. The average Bonchev–Trinajstić information content (AvgIpc) is 2.46. The van der Waals surface area contributed by atoms with E-state index in [1.165, 1.54) is 32.1 Å². The zero-order valence-corrected chi connectivity index (χ0v) is 11.4. The predicted molar refractivity (Wildman–Crippen MR) is 75.7 cm³/mol. The fraction of sp³-hybridized carbons (Fsp3) is 0.588. The molecule has 0 aliphatic heterocycles. The van der Waals surface area contributed by atoms with Crippen molar-refractivity contribution in [3.8, 4) is 0 Å². The van der Waals surface area contributed by atoms with Gasteiger partial charge in [-0.15, -0.1) is 0 Å². The Morgan fingerprint density at radius 2 is 1.67 bits per heavy atom. The Bertz CT molecular complexity index is 360. The lowest BCUT2D eigenvalue weighted by Gasteiger charge is -2.27. The standard InChI is InChI=1S/C17H24O/c1-2-14-8-10-15(11-9-14)12-13-17(18)16-6-4-3-5-7-16/h3-7,14-15H,2,8-13H2,1H3. The summed E-state index contributed by atoms with van der Waals surface area (Å²) in [6.45, 7) is 2.30. The second kappa shape index (κ2) is 6.72. The van der Waals surface area contributed by atoms with Gasteiger partial charge in [0, 0.05) is 12.0 Å². The Hall–Kier alpha value is -1.11. The van der Waals surface area contributed by atoms with E-state index >= 15 is 0 Å². The molecule has 1 nitrogen and oxygen atoms in total. The third kappa shape index (κ3) is 3.69. The zero-order chi connectivity index (χ0) is 12.8. The van der Waals surface area contributed by atoms with Gasteiger partial charge in [0.05, 0.1) is 0 Å². The molecule has 0 unspecified atom stereocenters. The zero-order valence-electron chi connectivity index (χ0n) is 11.4. The van der Waals surface area contributed by atoms with Crippen molar-refractivity contribution in [3.63, 3.8) is 0 Å². The molecule has 0 bridgehead atoms. The molecule has 0 radical (unpaired) electrons. The molecule has 0 amide bonds. The van der Waals surface area contributed by atoms with Gasteiger partial charge >= 0.3 is 0 Å². The smallest absolute Gasteiger partial charge is 0.162 e. The van der Waals surface area contributed by atoms with Crippen LogP contribution >= 0.6 is 0 Å². The molecule has 0 aromatic heterocycles. The molecule has 1 aliphatic carbocycles. The largest absolute Gasteiger partial charge is 0.294 e. The number of benzene rings is 1. The molecule has 2 rings (SSSR count). The normalized spacial score (nSPS) is 23.8. The van der Waals surface area contributed by atoms with Gasteiger partial charge in [0.15, 0.2) is 5.78 Å². The number of rotatable bonds is 5. The molecule has 1 fully saturated rings. The maximum atomic E-state index is 12.0. The summed E-state index contributed by atoms with van der Waals surface area (Å²) in [5, 5.41) is 0. The molecule has 1 aliphatic rings. The lowest BCUT2D eigenvalue weighted by Crippen LogP contribution is -2.15. The second-order valence-electron chi connectivity index (χ2n) is 5.62. The van der Waals surface area contributed by atoms with Crippen molar-refractivity contribution in [1.82, 2.24) is 0 Å². The first-order valence-electron chi connectivity index (χ1n) is 7.37. The highest BCUT2D eigenvalue weighted by Crippen LogP contribution is 2.33. The van der Waals surface area contributed by atoms with Crippen molar-refractivity contribution in [1.29, 1.82) is 0 Å². The minimum atomic E-state index is 0.313. The van der Waals surface area contributed by atoms with E-state index in [-0.39, 0.29) is 0 Å². The van der Waals surface area contributed by atoms with E-state index in [1.807, 2.05) is 30.3 Å². The van der Waals surface area contributed by atoms with Crippen LogP contribution in [0.2, 0.25) is 0 Å². The third-order valence-electron chi connectivity index (χ3n) is 4.42. The molecular weight excluding hydrogens is 220 g/mol. The lowest BCUT2D eigenvalue weighted by atomic mass is 9.78. The fourth-order valence-corrected chi connectivity index (χ4v) is 3.03. The first-order valence-corrected chi connectivity index (χ1v) is 7.37. The van der Waals surface area contributed by atoms with E-state index in [2.05, 4.69) is 6.92 Å². The van der Waals surface area contributed by atoms with Gasteiger partial charge in [-0.3, -0.25) is 4.79 Å². The summed E-state index contributed by atoms with van der Waals surface area (Å²) in [6.07, 6.45) is 8.56. The van der Waals surface area contributed by atoms with Crippen LogP contribution in [0.5, 0.6) is 0 Å². The van der Waals surface area contributed by atoms with Crippen molar-refractivity contribution < 1.29 is 4.79 Å². The van der Waals surface area contributed by atoms with E-state index in [4.69, 9.17) is 0 Å². The molecule has 0 spiro atoms. The molecular formula is C17H24O. The van der Waals surface area contributed by atoms with Crippen molar-refractivity contribution in [2.75, 3.05) is 0 Å². The first-order chi connectivity index (χ1) is 8.79. The van der Waals surface area contributed by atoms with Crippen LogP contribution in [-0.4, -0.2) is 5.78 Å². The molecule has 1 aromatic rings. The quantitative estimate of drug-likeness (QED) is 0.676. The van der Waals surface area contributed by atoms with Crippen molar-refractivity contribution in [3.05, 3.63) is 35.9 Å². The van der Waals surface area contributed by atoms with Crippen LogP contribution in [0, 0.1) is 11.8 Å². The van der Waals surface area contributed by atoms with Crippen LogP contribution in [0.25, 0.3) is 0 Å². The van der Waals surface area contributed by atoms with Crippen LogP contribution in [0.1, 0.15) is 62.2 Å². The van der Waals surface area contributed by atoms with E-state index in [0.29, 0.717) is 5.78 Å². The summed E-state index contributed by atoms with van der Waals surface area (Å²) in [6, 6.07) is 9.70. The minimum absolute atomic E-state index is 0.313. The van der Waals surface area contributed by atoms with Gasteiger partial charge in [-0.05, 0) is 18.3 Å². The maximum Gasteiger partial charge on any atom is 0.162 e. The Balaban J connectivity index is 1.74. The first kappa shape index (κ1) is 13.3. The Kier molecular flexibility index (Phi) is 4.98. The summed E-state index contributed by atoms with van der Waals surface area (Å²) in [7, 11) is 0. The Labute approximate surface area is 111 Å². The number of hydrogen-bond acceptors (Lipinski definition) is 1. The molecule has 0 heterocycles. The molecule has 98 valence electrons. The van der Waals surface area contributed by atoms with Crippen LogP contribution < -0.4 is 0 Å². The van der Waals surface area contributed by atoms with Gasteiger partial charge in [-0.1, -0.05) is 69.4 Å². The van der Waals surface area contributed by atoms with Gasteiger partial charge in [0.2, 0.25) is 0 Å². The van der Waals surface area contributed by atoms with Crippen LogP contribution in [0.15, 0.2) is 30.3 Å². The lowest BCUT2D eigenvalue weighted by molar-refractivity contribution is 0.0968. The van der Waals surface area contributed by atoms with Crippen molar-refractivity contribution in [2.24, 2.45) is 11.8 Å². The molecule has 1 saturated carbocycles. The molecule has 1 aromatic carbocycles. The molecule has 0 N–H and O–H groups in total. The third-order valence-corrected chi connectivity index (χ3v) is 4.42. The number of carbonyl (C=O) groups excluding carboxylic acids is 1. The summed E-state index contributed by atoms with van der Waals surface area (Å²) < 4.78 is 0. The van der Waals surface area contributed by atoms with Crippen LogP contribution in [0.4, 0.5) is 0 Å². The number of hydrogen-bond donors (Lipinski definition) is 0. The van der Waals surface area contributed by atoms with Crippen molar-refractivity contribution >= 4 is 5.78 Å². The predicted octanol–water partition coefficient (Wildman–Crippen LogP) is 4.87. The highest BCUT2D eigenvalue weighted by molar-refractivity contribution is 5.95.